The van der Waals surface area contributed by atoms with Crippen molar-refractivity contribution in [1.82, 2.24) is 14.9 Å². The molecule has 10 heteroatoms. The largest absolute Gasteiger partial charge is 0.484 e. The highest BCUT2D eigenvalue weighted by Crippen LogP contribution is 2.34. The Morgan fingerprint density at radius 1 is 0.902 bits per heavy atom. The number of nitrogens with zero attached hydrogens (tertiary/aromatic N) is 5. The van der Waals surface area contributed by atoms with Crippen LogP contribution in [0.3, 0.4) is 0 Å². The first-order valence-electron chi connectivity index (χ1n) is 13.7. The molecule has 1 saturated heterocycles. The Balaban J connectivity index is 1.32. The number of ether oxygens (including phenoxy) is 2. The number of amides is 1. The Morgan fingerprint density at radius 2 is 1.61 bits per heavy atom. The minimum atomic E-state index is -0.336. The van der Waals surface area contributed by atoms with Crippen molar-refractivity contribution < 1.29 is 19.1 Å². The molecule has 1 aliphatic rings. The quantitative estimate of drug-likeness (QED) is 0.156. The van der Waals surface area contributed by atoms with Crippen LogP contribution in [-0.4, -0.2) is 73.0 Å². The number of fused-ring (bicyclic) bond motifs is 1. The normalized spacial score (nSPS) is 13.9. The summed E-state index contributed by atoms with van der Waals surface area (Å²) in [5.41, 5.74) is 2.90. The minimum absolute atomic E-state index is 0.0292. The molecule has 0 aliphatic carbocycles. The molecule has 4 aromatic rings. The molecule has 0 N–H and O–H groups in total. The van der Waals surface area contributed by atoms with Crippen LogP contribution in [0.2, 0.25) is 0 Å². The highest BCUT2D eigenvalue weighted by Gasteiger charge is 2.25. The van der Waals surface area contributed by atoms with Crippen LogP contribution in [0.25, 0.3) is 21.3 Å². The van der Waals surface area contributed by atoms with Crippen LogP contribution >= 0.6 is 11.3 Å². The molecule has 2 aromatic heterocycles. The number of carbonyl (C=O) groups is 2. The van der Waals surface area contributed by atoms with Gasteiger partial charge in [0, 0.05) is 43.0 Å². The molecule has 2 aromatic carbocycles. The van der Waals surface area contributed by atoms with Gasteiger partial charge in [-0.25, -0.2) is 0 Å². The predicted molar refractivity (Wildman–Crippen MR) is 162 cm³/mol. The van der Waals surface area contributed by atoms with Crippen molar-refractivity contribution in [2.24, 2.45) is 4.99 Å². The molecule has 3 heterocycles. The second kappa shape index (κ2) is 12.9. The van der Waals surface area contributed by atoms with Crippen molar-refractivity contribution in [2.75, 3.05) is 45.3 Å². The number of methoxy groups -OCH3 is 2. The predicted octanol–water partition coefficient (Wildman–Crippen LogP) is 5.51. The number of carbonyl (C=O) groups excluding carboxylic acids is 2. The van der Waals surface area contributed by atoms with Crippen LogP contribution in [0.15, 0.2) is 65.7 Å². The van der Waals surface area contributed by atoms with E-state index in [9.17, 15) is 9.59 Å². The van der Waals surface area contributed by atoms with E-state index < -0.39 is 0 Å². The number of anilines is 1. The fourth-order valence-electron chi connectivity index (χ4n) is 4.78. The lowest BCUT2D eigenvalue weighted by molar-refractivity contribution is -0.140. The number of benzene rings is 2. The smallest absolute Gasteiger partial charge is 0.306 e. The molecule has 0 atom stereocenters. The molecular weight excluding hydrogens is 538 g/mol. The van der Waals surface area contributed by atoms with Gasteiger partial charge in [-0.15, -0.1) is 11.3 Å². The Bertz CT molecular complexity index is 1540. The zero-order valence-electron chi connectivity index (χ0n) is 23.5. The van der Waals surface area contributed by atoms with E-state index in [2.05, 4.69) is 40.0 Å². The molecule has 41 heavy (non-hydrogen) atoms. The van der Waals surface area contributed by atoms with Gasteiger partial charge < -0.3 is 19.3 Å². The van der Waals surface area contributed by atoms with E-state index in [0.29, 0.717) is 37.6 Å². The molecule has 0 unspecified atom stereocenters. The standard InChI is InChI=1S/C31H33N5O4S/c1-4-24-20-25-28(33-31(34-29(25)41-24)32-26(39-2)14-15-27(37)40-3)35-16-18-36(19-17-35)30(38)23-12-10-22(11-13-23)21-8-6-5-7-9-21/h5-13,20H,4,14-19H2,1-3H3. The molecule has 0 radical (unpaired) electrons. The van der Waals surface area contributed by atoms with E-state index in [-0.39, 0.29) is 30.7 Å². The van der Waals surface area contributed by atoms with E-state index in [1.807, 2.05) is 47.4 Å². The summed E-state index contributed by atoms with van der Waals surface area (Å²) in [5.74, 6) is 1.14. The third kappa shape index (κ3) is 6.54. The first-order valence-corrected chi connectivity index (χ1v) is 14.5. The second-order valence-electron chi connectivity index (χ2n) is 9.64. The van der Waals surface area contributed by atoms with Gasteiger partial charge in [-0.1, -0.05) is 49.4 Å². The Kier molecular flexibility index (Phi) is 8.88. The van der Waals surface area contributed by atoms with E-state index in [1.54, 1.807) is 11.3 Å². The molecule has 1 aliphatic heterocycles. The molecule has 0 bridgehead atoms. The highest BCUT2D eigenvalue weighted by atomic mass is 32.1. The highest BCUT2D eigenvalue weighted by molar-refractivity contribution is 7.18. The average Bonchev–Trinajstić information content (AvgIpc) is 3.46. The first kappa shape index (κ1) is 28.2. The van der Waals surface area contributed by atoms with Crippen molar-refractivity contribution in [2.45, 2.75) is 26.2 Å². The molecule has 5 rings (SSSR count). The van der Waals surface area contributed by atoms with Gasteiger partial charge >= 0.3 is 5.97 Å². The number of aromatic nitrogens is 2. The zero-order chi connectivity index (χ0) is 28.8. The maximum atomic E-state index is 13.3. The number of thiophene rings is 1. The van der Waals surface area contributed by atoms with Crippen molar-refractivity contribution >= 4 is 51.1 Å². The van der Waals surface area contributed by atoms with Crippen LogP contribution in [0.5, 0.6) is 0 Å². The van der Waals surface area contributed by atoms with Crippen LogP contribution in [-0.2, 0) is 20.7 Å². The van der Waals surface area contributed by atoms with Gasteiger partial charge in [-0.3, -0.25) is 9.59 Å². The molecule has 1 fully saturated rings. The number of rotatable bonds is 8. The van der Waals surface area contributed by atoms with E-state index >= 15 is 0 Å². The van der Waals surface area contributed by atoms with Gasteiger partial charge in [0.25, 0.3) is 11.9 Å². The third-order valence-electron chi connectivity index (χ3n) is 7.10. The van der Waals surface area contributed by atoms with Gasteiger partial charge in [0.2, 0.25) is 0 Å². The van der Waals surface area contributed by atoms with Crippen LogP contribution in [0.1, 0.15) is 35.0 Å². The lowest BCUT2D eigenvalue weighted by Crippen LogP contribution is -2.49. The Hall–Kier alpha value is -4.31. The van der Waals surface area contributed by atoms with Crippen molar-refractivity contribution in [3.8, 4) is 11.1 Å². The minimum Gasteiger partial charge on any atom is -0.484 e. The lowest BCUT2D eigenvalue weighted by Gasteiger charge is -2.35. The number of piperazine rings is 1. The number of hydrogen-bond acceptors (Lipinski definition) is 9. The van der Waals surface area contributed by atoms with Crippen molar-refractivity contribution in [1.29, 1.82) is 0 Å². The summed E-state index contributed by atoms with van der Waals surface area (Å²) in [6.45, 7) is 4.55. The fourth-order valence-corrected chi connectivity index (χ4v) is 5.73. The first-order chi connectivity index (χ1) is 20.0. The van der Waals surface area contributed by atoms with Gasteiger partial charge in [0.05, 0.1) is 26.0 Å². The van der Waals surface area contributed by atoms with Crippen LogP contribution < -0.4 is 4.90 Å². The molecular formula is C31H33N5O4S. The van der Waals surface area contributed by atoms with Crippen LogP contribution in [0.4, 0.5) is 11.8 Å². The number of aryl methyl sites for hydroxylation is 1. The molecule has 0 spiro atoms. The maximum Gasteiger partial charge on any atom is 0.306 e. The number of aliphatic imine (C=N–C) groups is 1. The summed E-state index contributed by atoms with van der Waals surface area (Å²) in [5, 5.41) is 0.982. The number of esters is 1. The average molecular weight is 572 g/mol. The van der Waals surface area contributed by atoms with Gasteiger partial charge in [0.1, 0.15) is 10.6 Å². The number of hydrogen-bond donors (Lipinski definition) is 0. The zero-order valence-corrected chi connectivity index (χ0v) is 24.3. The summed E-state index contributed by atoms with van der Waals surface area (Å²) >= 11 is 1.62. The molecule has 1 amide bonds. The van der Waals surface area contributed by atoms with E-state index in [1.165, 1.54) is 19.1 Å². The molecule has 9 nitrogen and oxygen atoms in total. The summed E-state index contributed by atoms with van der Waals surface area (Å²) in [4.78, 5) is 45.1. The summed E-state index contributed by atoms with van der Waals surface area (Å²) in [6.07, 6.45) is 1.34. The Labute approximate surface area is 243 Å². The summed E-state index contributed by atoms with van der Waals surface area (Å²) in [7, 11) is 2.87. The topological polar surface area (TPSA) is 97.2 Å². The lowest BCUT2D eigenvalue weighted by atomic mass is 10.0. The molecule has 212 valence electrons. The fraction of sp³-hybridized carbons (Fsp3) is 0.323. The monoisotopic (exact) mass is 571 g/mol. The van der Waals surface area contributed by atoms with Gasteiger partial charge in [-0.05, 0) is 35.7 Å². The van der Waals surface area contributed by atoms with Gasteiger partial charge in [-0.2, -0.15) is 15.0 Å². The van der Waals surface area contributed by atoms with Gasteiger partial charge in [0.15, 0.2) is 5.90 Å². The van der Waals surface area contributed by atoms with E-state index in [4.69, 9.17) is 14.5 Å². The van der Waals surface area contributed by atoms with Crippen LogP contribution in [0, 0.1) is 0 Å². The second-order valence-corrected chi connectivity index (χ2v) is 10.8. The summed E-state index contributed by atoms with van der Waals surface area (Å²) in [6, 6.07) is 20.1. The Morgan fingerprint density at radius 3 is 2.27 bits per heavy atom. The SMILES string of the molecule is CCc1cc2c(N3CCN(C(=O)c4ccc(-c5ccccc5)cc4)CC3)nc(N=C(CCC(=O)OC)OC)nc2s1. The van der Waals surface area contributed by atoms with Crippen molar-refractivity contribution in [3.05, 3.63) is 71.1 Å². The third-order valence-corrected chi connectivity index (χ3v) is 8.27. The molecule has 0 saturated carbocycles. The summed E-state index contributed by atoms with van der Waals surface area (Å²) < 4.78 is 10.1. The van der Waals surface area contributed by atoms with Crippen molar-refractivity contribution in [3.63, 3.8) is 0 Å². The maximum absolute atomic E-state index is 13.3. The van der Waals surface area contributed by atoms with E-state index in [0.717, 1.165) is 33.6 Å².